The summed E-state index contributed by atoms with van der Waals surface area (Å²) in [4.78, 5) is 2.50. The summed E-state index contributed by atoms with van der Waals surface area (Å²) in [7, 11) is 0. The lowest BCUT2D eigenvalue weighted by atomic mass is 9.55. The second-order valence-electron chi connectivity index (χ2n) is 6.43. The van der Waals surface area contributed by atoms with Gasteiger partial charge in [0.15, 0.2) is 0 Å². The quantitative estimate of drug-likeness (QED) is 0.866. The number of ether oxygens (including phenoxy) is 1. The SMILES string of the molecule is Cl.OC12CCCCCC1(N1CCOCC1)c1ccccc12. The van der Waals surface area contributed by atoms with E-state index in [0.29, 0.717) is 0 Å². The Balaban J connectivity index is 0.00000132. The number of aliphatic hydroxyl groups is 1. The fraction of sp³-hybridized carbons (Fsp3) is 0.647. The zero-order valence-corrected chi connectivity index (χ0v) is 13.2. The molecule has 1 saturated carbocycles. The van der Waals surface area contributed by atoms with Gasteiger partial charge >= 0.3 is 0 Å². The summed E-state index contributed by atoms with van der Waals surface area (Å²) in [6.45, 7) is 3.47. The number of hydrogen-bond donors (Lipinski definition) is 1. The molecule has 0 aromatic heterocycles. The molecular weight excluding hydrogens is 286 g/mol. The number of rotatable bonds is 1. The summed E-state index contributed by atoms with van der Waals surface area (Å²) >= 11 is 0. The van der Waals surface area contributed by atoms with Crippen molar-refractivity contribution in [3.05, 3.63) is 35.4 Å². The van der Waals surface area contributed by atoms with Crippen LogP contribution in [0.4, 0.5) is 0 Å². The molecule has 1 saturated heterocycles. The van der Waals surface area contributed by atoms with Crippen LogP contribution in [-0.2, 0) is 15.9 Å². The topological polar surface area (TPSA) is 32.7 Å². The third kappa shape index (κ3) is 1.91. The first-order valence-electron chi connectivity index (χ1n) is 7.94. The van der Waals surface area contributed by atoms with Gasteiger partial charge in [-0.25, -0.2) is 0 Å². The Bertz CT molecular complexity index is 517. The van der Waals surface area contributed by atoms with Crippen molar-refractivity contribution in [3.63, 3.8) is 0 Å². The normalized spacial score (nSPS) is 35.7. The molecule has 4 heteroatoms. The molecule has 21 heavy (non-hydrogen) atoms. The Labute approximate surface area is 132 Å². The summed E-state index contributed by atoms with van der Waals surface area (Å²) in [6.07, 6.45) is 5.58. The molecule has 3 nitrogen and oxygen atoms in total. The second-order valence-corrected chi connectivity index (χ2v) is 6.43. The molecule has 2 aliphatic carbocycles. The zero-order valence-electron chi connectivity index (χ0n) is 12.4. The van der Waals surface area contributed by atoms with E-state index in [0.717, 1.165) is 45.6 Å². The van der Waals surface area contributed by atoms with Gasteiger partial charge in [-0.15, -0.1) is 12.4 Å². The van der Waals surface area contributed by atoms with Gasteiger partial charge in [-0.05, 0) is 24.0 Å². The number of hydrogen-bond acceptors (Lipinski definition) is 3. The van der Waals surface area contributed by atoms with Gasteiger partial charge in [0.2, 0.25) is 0 Å². The first-order valence-corrected chi connectivity index (χ1v) is 7.94. The summed E-state index contributed by atoms with van der Waals surface area (Å²) in [6, 6.07) is 8.53. The van der Waals surface area contributed by atoms with E-state index in [4.69, 9.17) is 4.74 Å². The van der Waals surface area contributed by atoms with Crippen molar-refractivity contribution < 1.29 is 9.84 Å². The molecule has 0 radical (unpaired) electrons. The maximum absolute atomic E-state index is 11.5. The third-order valence-corrected chi connectivity index (χ3v) is 5.63. The first-order chi connectivity index (χ1) is 9.79. The Hall–Kier alpha value is -0.610. The zero-order chi connectivity index (χ0) is 13.6. The molecule has 3 aliphatic rings. The molecule has 1 aliphatic heterocycles. The maximum atomic E-state index is 11.5. The summed E-state index contributed by atoms with van der Waals surface area (Å²) < 4.78 is 5.52. The fourth-order valence-corrected chi connectivity index (χ4v) is 4.74. The Morgan fingerprint density at radius 2 is 1.62 bits per heavy atom. The van der Waals surface area contributed by atoms with Gasteiger partial charge in [-0.3, -0.25) is 4.90 Å². The average Bonchev–Trinajstić information content (AvgIpc) is 2.65. The van der Waals surface area contributed by atoms with Crippen molar-refractivity contribution in [2.24, 2.45) is 0 Å². The Morgan fingerprint density at radius 3 is 2.38 bits per heavy atom. The van der Waals surface area contributed by atoms with Gasteiger partial charge < -0.3 is 9.84 Å². The van der Waals surface area contributed by atoms with E-state index in [1.165, 1.54) is 24.0 Å². The molecule has 2 atom stereocenters. The van der Waals surface area contributed by atoms with Crippen LogP contribution in [-0.4, -0.2) is 36.3 Å². The van der Waals surface area contributed by atoms with Crippen molar-refractivity contribution in [1.29, 1.82) is 0 Å². The van der Waals surface area contributed by atoms with Gasteiger partial charge in [0.05, 0.1) is 18.8 Å². The Morgan fingerprint density at radius 1 is 0.952 bits per heavy atom. The van der Waals surface area contributed by atoms with Gasteiger partial charge in [0.1, 0.15) is 5.60 Å². The molecule has 116 valence electrons. The molecule has 1 N–H and O–H groups in total. The number of halogens is 1. The third-order valence-electron chi connectivity index (χ3n) is 5.63. The van der Waals surface area contributed by atoms with Gasteiger partial charge in [0, 0.05) is 13.1 Å². The van der Waals surface area contributed by atoms with Crippen LogP contribution in [0.5, 0.6) is 0 Å². The first kappa shape index (κ1) is 15.3. The van der Waals surface area contributed by atoms with Gasteiger partial charge in [-0.1, -0.05) is 43.5 Å². The van der Waals surface area contributed by atoms with Gasteiger partial charge in [0.25, 0.3) is 0 Å². The molecular formula is C17H24ClNO2. The highest BCUT2D eigenvalue weighted by molar-refractivity contribution is 5.85. The standard InChI is InChI=1S/C17H23NO2.ClH/c19-17-9-5-1-4-8-16(17,18-10-12-20-13-11-18)14-6-2-3-7-15(14)17;/h2-3,6-7,19H,1,4-5,8-13H2;1H. The number of fused-ring (bicyclic) bond motifs is 4. The maximum Gasteiger partial charge on any atom is 0.112 e. The molecule has 1 aromatic carbocycles. The van der Waals surface area contributed by atoms with Crippen LogP contribution < -0.4 is 0 Å². The predicted molar refractivity (Wildman–Crippen MR) is 84.7 cm³/mol. The molecule has 0 bridgehead atoms. The highest BCUT2D eigenvalue weighted by Crippen LogP contribution is 2.62. The predicted octanol–water partition coefficient (Wildman–Crippen LogP) is 2.80. The van der Waals surface area contributed by atoms with Crippen molar-refractivity contribution >= 4 is 12.4 Å². The number of benzene rings is 1. The molecule has 4 rings (SSSR count). The van der Waals surface area contributed by atoms with Crippen LogP contribution in [0.2, 0.25) is 0 Å². The largest absolute Gasteiger partial charge is 0.383 e. The minimum Gasteiger partial charge on any atom is -0.383 e. The highest BCUT2D eigenvalue weighted by atomic mass is 35.5. The van der Waals surface area contributed by atoms with E-state index >= 15 is 0 Å². The highest BCUT2D eigenvalue weighted by Gasteiger charge is 2.64. The van der Waals surface area contributed by atoms with Crippen molar-refractivity contribution in [3.8, 4) is 0 Å². The minimum atomic E-state index is -0.641. The molecule has 1 heterocycles. The van der Waals surface area contributed by atoms with E-state index in [1.54, 1.807) is 0 Å². The molecule has 0 spiro atoms. The summed E-state index contributed by atoms with van der Waals surface area (Å²) in [5, 5.41) is 11.5. The fourth-order valence-electron chi connectivity index (χ4n) is 4.74. The summed E-state index contributed by atoms with van der Waals surface area (Å²) in [5.74, 6) is 0. The monoisotopic (exact) mass is 309 g/mol. The van der Waals surface area contributed by atoms with Crippen LogP contribution in [0.1, 0.15) is 43.2 Å². The smallest absolute Gasteiger partial charge is 0.112 e. The number of nitrogens with zero attached hydrogens (tertiary/aromatic N) is 1. The van der Waals surface area contributed by atoms with E-state index in [9.17, 15) is 5.11 Å². The van der Waals surface area contributed by atoms with E-state index in [1.807, 2.05) is 0 Å². The van der Waals surface area contributed by atoms with E-state index < -0.39 is 5.60 Å². The van der Waals surface area contributed by atoms with Crippen LogP contribution in [0, 0.1) is 0 Å². The minimum absolute atomic E-state index is 0. The van der Waals surface area contributed by atoms with E-state index in [2.05, 4.69) is 29.2 Å². The van der Waals surface area contributed by atoms with Crippen LogP contribution in [0.3, 0.4) is 0 Å². The van der Waals surface area contributed by atoms with Crippen molar-refractivity contribution in [2.75, 3.05) is 26.3 Å². The molecule has 1 aromatic rings. The second kappa shape index (κ2) is 5.54. The summed E-state index contributed by atoms with van der Waals surface area (Å²) in [5.41, 5.74) is 1.75. The van der Waals surface area contributed by atoms with E-state index in [-0.39, 0.29) is 17.9 Å². The lowest BCUT2D eigenvalue weighted by Gasteiger charge is -2.62. The number of morpholine rings is 1. The van der Waals surface area contributed by atoms with Crippen LogP contribution in [0.15, 0.2) is 24.3 Å². The molecule has 2 unspecified atom stereocenters. The van der Waals surface area contributed by atoms with Crippen molar-refractivity contribution in [2.45, 2.75) is 43.2 Å². The van der Waals surface area contributed by atoms with Crippen LogP contribution >= 0.6 is 12.4 Å². The van der Waals surface area contributed by atoms with Gasteiger partial charge in [-0.2, -0.15) is 0 Å². The lowest BCUT2D eigenvalue weighted by molar-refractivity contribution is -0.179. The lowest BCUT2D eigenvalue weighted by Crippen LogP contribution is -2.68. The van der Waals surface area contributed by atoms with Crippen LogP contribution in [0.25, 0.3) is 0 Å². The molecule has 2 fully saturated rings. The molecule has 0 amide bonds. The van der Waals surface area contributed by atoms with Crippen molar-refractivity contribution in [1.82, 2.24) is 4.90 Å². The Kier molecular flexibility index (Phi) is 4.04. The average molecular weight is 310 g/mol.